The predicted molar refractivity (Wildman–Crippen MR) is 82.6 cm³/mol. The summed E-state index contributed by atoms with van der Waals surface area (Å²) in [6, 6.07) is 1.83. The lowest BCUT2D eigenvalue weighted by atomic mass is 9.48. The van der Waals surface area contributed by atoms with Crippen LogP contribution in [-0.2, 0) is 19.1 Å². The third kappa shape index (κ3) is 1.55. The Morgan fingerprint density at radius 1 is 1.12 bits per heavy atom. The Balaban J connectivity index is 1.59. The van der Waals surface area contributed by atoms with Gasteiger partial charge in [-0.1, -0.05) is 12.2 Å². The molecule has 4 aliphatic rings. The molecule has 126 valence electrons. The summed E-state index contributed by atoms with van der Waals surface area (Å²) in [7, 11) is 0. The lowest BCUT2D eigenvalue weighted by Gasteiger charge is -2.50. The van der Waals surface area contributed by atoms with Gasteiger partial charge in [0.2, 0.25) is 0 Å². The van der Waals surface area contributed by atoms with Crippen LogP contribution in [0.2, 0.25) is 0 Å². The summed E-state index contributed by atoms with van der Waals surface area (Å²) < 4.78 is 16.5. The number of ether oxygens (including phenoxy) is 2. The van der Waals surface area contributed by atoms with Crippen molar-refractivity contribution in [2.45, 2.75) is 50.7 Å². The lowest BCUT2D eigenvalue weighted by Crippen LogP contribution is -2.53. The van der Waals surface area contributed by atoms with Crippen molar-refractivity contribution in [2.75, 3.05) is 0 Å². The molecule has 1 aromatic heterocycles. The van der Waals surface area contributed by atoms with E-state index in [1.807, 2.05) is 6.07 Å². The summed E-state index contributed by atoms with van der Waals surface area (Å²) in [5.41, 5.74) is 0.519. The maximum atomic E-state index is 13.0. The first-order valence-corrected chi connectivity index (χ1v) is 8.69. The van der Waals surface area contributed by atoms with Crippen molar-refractivity contribution in [3.8, 4) is 0 Å². The van der Waals surface area contributed by atoms with Crippen LogP contribution in [0, 0.1) is 16.7 Å². The normalized spacial score (nSPS) is 43.7. The fourth-order valence-corrected chi connectivity index (χ4v) is 5.68. The summed E-state index contributed by atoms with van der Waals surface area (Å²) in [5.74, 6) is -0.385. The number of hydrogen-bond donors (Lipinski definition) is 0. The molecule has 2 saturated carbocycles. The summed E-state index contributed by atoms with van der Waals surface area (Å²) in [6.45, 7) is 4.23. The van der Waals surface area contributed by atoms with Crippen molar-refractivity contribution in [3.63, 3.8) is 0 Å². The number of fused-ring (bicyclic) bond motifs is 2. The zero-order chi connectivity index (χ0) is 16.5. The molecule has 5 heteroatoms. The van der Waals surface area contributed by atoms with Crippen LogP contribution in [0.3, 0.4) is 0 Å². The van der Waals surface area contributed by atoms with E-state index in [1.165, 1.54) is 0 Å². The number of cyclic esters (lactones) is 1. The van der Waals surface area contributed by atoms with Crippen LogP contribution in [0.5, 0.6) is 0 Å². The van der Waals surface area contributed by atoms with Crippen LogP contribution < -0.4 is 0 Å². The molecule has 0 N–H and O–H groups in total. The molecule has 2 unspecified atom stereocenters. The predicted octanol–water partition coefficient (Wildman–Crippen LogP) is 3.32. The zero-order valence-electron chi connectivity index (χ0n) is 13.5. The molecule has 0 amide bonds. The molecule has 1 aromatic rings. The first-order chi connectivity index (χ1) is 11.6. The van der Waals surface area contributed by atoms with Gasteiger partial charge in [0.05, 0.1) is 23.4 Å². The lowest BCUT2D eigenvalue weighted by molar-refractivity contribution is -0.159. The minimum Gasteiger partial charge on any atom is -0.472 e. The largest absolute Gasteiger partial charge is 0.472 e. The molecule has 2 spiro atoms. The average molecular weight is 328 g/mol. The van der Waals surface area contributed by atoms with Gasteiger partial charge in [-0.2, -0.15) is 0 Å². The van der Waals surface area contributed by atoms with E-state index in [0.29, 0.717) is 12.8 Å². The Bertz CT molecular complexity index is 735. The first kappa shape index (κ1) is 14.3. The number of rotatable bonds is 1. The smallest absolute Gasteiger partial charge is 0.317 e. The van der Waals surface area contributed by atoms with E-state index in [1.54, 1.807) is 12.5 Å². The van der Waals surface area contributed by atoms with E-state index in [9.17, 15) is 9.59 Å². The van der Waals surface area contributed by atoms with Crippen LogP contribution in [0.15, 0.2) is 35.2 Å². The van der Waals surface area contributed by atoms with Crippen molar-refractivity contribution in [1.29, 1.82) is 0 Å². The van der Waals surface area contributed by atoms with E-state index < -0.39 is 10.8 Å². The van der Waals surface area contributed by atoms with E-state index in [-0.39, 0.29) is 30.1 Å². The van der Waals surface area contributed by atoms with E-state index >= 15 is 0 Å². The molecule has 2 aliphatic heterocycles. The van der Waals surface area contributed by atoms with Crippen LogP contribution in [-0.4, -0.2) is 18.0 Å². The molecule has 2 saturated heterocycles. The van der Waals surface area contributed by atoms with Crippen molar-refractivity contribution >= 4 is 11.9 Å². The van der Waals surface area contributed by atoms with Gasteiger partial charge in [-0.15, -0.1) is 0 Å². The Morgan fingerprint density at radius 2 is 2.00 bits per heavy atom. The molecule has 0 radical (unpaired) electrons. The quantitative estimate of drug-likeness (QED) is 0.584. The number of esters is 2. The van der Waals surface area contributed by atoms with Crippen LogP contribution in [0.25, 0.3) is 0 Å². The summed E-state index contributed by atoms with van der Waals surface area (Å²) >= 11 is 0. The second kappa shape index (κ2) is 4.52. The fourth-order valence-electron chi connectivity index (χ4n) is 5.68. The zero-order valence-corrected chi connectivity index (χ0v) is 13.5. The van der Waals surface area contributed by atoms with Gasteiger partial charge in [0.15, 0.2) is 0 Å². The second-order valence-corrected chi connectivity index (χ2v) is 7.75. The minimum atomic E-state index is -0.755. The molecular weight excluding hydrogens is 308 g/mol. The van der Waals surface area contributed by atoms with Crippen LogP contribution >= 0.6 is 0 Å². The number of carbonyl (C=O) groups is 2. The highest BCUT2D eigenvalue weighted by Crippen LogP contribution is 2.67. The second-order valence-electron chi connectivity index (χ2n) is 7.75. The van der Waals surface area contributed by atoms with Crippen molar-refractivity contribution < 1.29 is 23.5 Å². The van der Waals surface area contributed by atoms with E-state index in [4.69, 9.17) is 13.9 Å². The monoisotopic (exact) mass is 328 g/mol. The molecule has 24 heavy (non-hydrogen) atoms. The third-order valence-corrected chi connectivity index (χ3v) is 6.85. The van der Waals surface area contributed by atoms with Crippen LogP contribution in [0.1, 0.15) is 50.2 Å². The van der Waals surface area contributed by atoms with E-state index in [0.717, 1.165) is 36.8 Å². The maximum absolute atomic E-state index is 13.0. The Labute approximate surface area is 140 Å². The minimum absolute atomic E-state index is 0.0271. The molecule has 3 heterocycles. The molecule has 0 aromatic carbocycles. The topological polar surface area (TPSA) is 65.7 Å². The van der Waals surface area contributed by atoms with Gasteiger partial charge in [-0.3, -0.25) is 9.59 Å². The Morgan fingerprint density at radius 3 is 2.79 bits per heavy atom. The average Bonchev–Trinajstić information content (AvgIpc) is 3.25. The molecule has 4 fully saturated rings. The van der Waals surface area contributed by atoms with E-state index in [2.05, 4.69) is 6.58 Å². The summed E-state index contributed by atoms with van der Waals surface area (Å²) in [4.78, 5) is 25.7. The van der Waals surface area contributed by atoms with Gasteiger partial charge in [0, 0.05) is 18.4 Å². The van der Waals surface area contributed by atoms with Gasteiger partial charge < -0.3 is 13.9 Å². The maximum Gasteiger partial charge on any atom is 0.317 e. The fraction of sp³-hybridized carbons (Fsp3) is 0.579. The summed E-state index contributed by atoms with van der Waals surface area (Å²) in [6.07, 6.45) is 7.30. The van der Waals surface area contributed by atoms with Gasteiger partial charge in [0.1, 0.15) is 12.2 Å². The number of carbonyl (C=O) groups excluding carboxylic acids is 2. The molecule has 5 rings (SSSR count). The van der Waals surface area contributed by atoms with Gasteiger partial charge >= 0.3 is 11.9 Å². The third-order valence-electron chi connectivity index (χ3n) is 6.85. The van der Waals surface area contributed by atoms with Crippen molar-refractivity contribution in [3.05, 3.63) is 36.3 Å². The van der Waals surface area contributed by atoms with Gasteiger partial charge in [0.25, 0.3) is 0 Å². The Kier molecular flexibility index (Phi) is 2.70. The summed E-state index contributed by atoms with van der Waals surface area (Å²) in [5, 5.41) is 0. The van der Waals surface area contributed by atoms with Gasteiger partial charge in [-0.25, -0.2) is 0 Å². The van der Waals surface area contributed by atoms with Crippen molar-refractivity contribution in [1.82, 2.24) is 0 Å². The highest BCUT2D eigenvalue weighted by atomic mass is 16.6. The van der Waals surface area contributed by atoms with Crippen molar-refractivity contribution in [2.24, 2.45) is 16.7 Å². The SMILES string of the molecule is C=C1CCC23CC(CC[C@@H]2[C@@]12C[C@@H](c1ccoc1)OC2=O)OC3=O. The highest BCUT2D eigenvalue weighted by Gasteiger charge is 2.69. The van der Waals surface area contributed by atoms with Crippen LogP contribution in [0.4, 0.5) is 0 Å². The molecular formula is C19H20O5. The number of furan rings is 1. The standard InChI is InChI=1S/C19H20O5/c1-11-4-6-18-8-13(23-16(18)20)2-3-15(18)19(11)9-14(24-17(19)21)12-5-7-22-10-12/h5,7,10,13-15H,1-4,6,8-9H2/t13?,14-,15-,18?,19+/m0/s1. The Hall–Kier alpha value is -2.04. The first-order valence-electron chi connectivity index (χ1n) is 8.69. The number of hydrogen-bond acceptors (Lipinski definition) is 5. The van der Waals surface area contributed by atoms with Gasteiger partial charge in [-0.05, 0) is 37.7 Å². The molecule has 5 nitrogen and oxygen atoms in total. The molecule has 5 atom stereocenters. The molecule has 2 aliphatic carbocycles. The highest BCUT2D eigenvalue weighted by molar-refractivity contribution is 5.88. The molecule has 2 bridgehead atoms.